The maximum Gasteiger partial charge on any atom is 0.207 e. The zero-order valence-corrected chi connectivity index (χ0v) is 11.4. The molecule has 0 aliphatic rings. The zero-order valence-electron chi connectivity index (χ0n) is 8.18. The Bertz CT molecular complexity index is 256. The summed E-state index contributed by atoms with van der Waals surface area (Å²) in [6.07, 6.45) is 3.67. The molecule has 0 spiro atoms. The van der Waals surface area contributed by atoms with Crippen LogP contribution in [0.5, 0.6) is 0 Å². The quantitative estimate of drug-likeness (QED) is 0.251. The summed E-state index contributed by atoms with van der Waals surface area (Å²) in [5, 5.41) is 9.15. The number of hydrogen-bond donors (Lipinski definition) is 0. The Labute approximate surface area is 103 Å². The van der Waals surface area contributed by atoms with Crippen LogP contribution in [-0.2, 0) is 0 Å². The van der Waals surface area contributed by atoms with Crippen LogP contribution in [0.25, 0.3) is 0 Å². The third kappa shape index (κ3) is 6.54. The van der Waals surface area contributed by atoms with E-state index in [1.807, 2.05) is 25.3 Å². The maximum absolute atomic E-state index is 8.36. The van der Waals surface area contributed by atoms with Crippen molar-refractivity contribution >= 4 is 56.2 Å². The second-order valence-corrected chi connectivity index (χ2v) is 6.24. The first-order valence-electron chi connectivity index (χ1n) is 3.59. The first-order valence-corrected chi connectivity index (χ1v) is 7.20. The molecule has 0 atom stereocenters. The fourth-order valence-electron chi connectivity index (χ4n) is 0.437. The molecule has 0 saturated carbocycles. The van der Waals surface area contributed by atoms with Gasteiger partial charge in [-0.1, -0.05) is 35.7 Å². The van der Waals surface area contributed by atoms with Crippen LogP contribution in [0, 0.1) is 11.5 Å². The van der Waals surface area contributed by atoms with Crippen LogP contribution in [0.4, 0.5) is 0 Å². The second kappa shape index (κ2) is 8.41. The van der Waals surface area contributed by atoms with E-state index in [1.54, 1.807) is 18.0 Å². The molecule has 3 nitrogen and oxygen atoms in total. The molecule has 0 aromatic carbocycles. The number of thiocarbonyl (C=S) groups is 1. The lowest BCUT2D eigenvalue weighted by molar-refractivity contribution is 0.648. The van der Waals surface area contributed by atoms with Gasteiger partial charge in [0.1, 0.15) is 8.70 Å². The van der Waals surface area contributed by atoms with Crippen molar-refractivity contribution in [2.45, 2.75) is 0 Å². The normalized spacial score (nSPS) is 10.9. The van der Waals surface area contributed by atoms with Gasteiger partial charge in [0.25, 0.3) is 0 Å². The van der Waals surface area contributed by atoms with E-state index in [9.17, 15) is 0 Å². The van der Waals surface area contributed by atoms with Crippen molar-refractivity contribution in [1.29, 1.82) is 5.26 Å². The molecular formula is C7H11N3S4. The van der Waals surface area contributed by atoms with Crippen LogP contribution in [0.3, 0.4) is 0 Å². The monoisotopic (exact) mass is 265 g/mol. The Morgan fingerprint density at radius 3 is 2.57 bits per heavy atom. The number of aliphatic imine (C=N–C) groups is 1. The van der Waals surface area contributed by atoms with E-state index in [1.165, 1.54) is 23.5 Å². The molecule has 0 heterocycles. The third-order valence-electron chi connectivity index (χ3n) is 1.05. The van der Waals surface area contributed by atoms with Gasteiger partial charge in [-0.15, -0.1) is 11.8 Å². The molecule has 0 aromatic heterocycles. The lowest BCUT2D eigenvalue weighted by Crippen LogP contribution is -2.16. The summed E-state index contributed by atoms with van der Waals surface area (Å²) in [5.74, 6) is 0. The van der Waals surface area contributed by atoms with Crippen LogP contribution in [0.2, 0.25) is 0 Å². The summed E-state index contributed by atoms with van der Waals surface area (Å²) in [4.78, 5) is 5.55. The number of thioether (sulfide) groups is 3. The third-order valence-corrected chi connectivity index (χ3v) is 4.95. The highest BCUT2D eigenvalue weighted by molar-refractivity contribution is 8.43. The smallest absolute Gasteiger partial charge is 0.207 e. The fourth-order valence-corrected chi connectivity index (χ4v) is 3.31. The van der Waals surface area contributed by atoms with E-state index in [-0.39, 0.29) is 0 Å². The predicted octanol–water partition coefficient (Wildman–Crippen LogP) is 2.46. The van der Waals surface area contributed by atoms with Gasteiger partial charge in [-0.25, -0.2) is 0 Å². The number of hydrogen-bond acceptors (Lipinski definition) is 6. The summed E-state index contributed by atoms with van der Waals surface area (Å²) in [6, 6.07) is 0. The molecule has 0 fully saturated rings. The van der Waals surface area contributed by atoms with Crippen molar-refractivity contribution in [2.24, 2.45) is 4.99 Å². The maximum atomic E-state index is 8.36. The first-order chi connectivity index (χ1) is 6.61. The molecule has 0 aliphatic carbocycles. The lowest BCUT2D eigenvalue weighted by atomic mass is 11.0. The van der Waals surface area contributed by atoms with Gasteiger partial charge in [0.05, 0.1) is 5.08 Å². The molecule has 7 heteroatoms. The van der Waals surface area contributed by atoms with Crippen LogP contribution >= 0.6 is 47.5 Å². The molecule has 0 unspecified atom stereocenters. The standard InChI is InChI=1S/C7H11N3S4/c1-10(2)7(11)14-5-13-6(12-3)9-4-8/h5H2,1-3H3. The van der Waals surface area contributed by atoms with Crippen molar-refractivity contribution in [3.8, 4) is 6.19 Å². The van der Waals surface area contributed by atoms with Crippen LogP contribution in [-0.4, -0.2) is 39.0 Å². The van der Waals surface area contributed by atoms with E-state index in [2.05, 4.69) is 4.99 Å². The van der Waals surface area contributed by atoms with Crippen molar-refractivity contribution in [2.75, 3.05) is 25.4 Å². The van der Waals surface area contributed by atoms with E-state index in [0.717, 1.165) is 13.8 Å². The SMILES string of the molecule is CSC(=NC#N)SCSC(=S)N(C)C. The average molecular weight is 265 g/mol. The Morgan fingerprint density at radius 1 is 1.50 bits per heavy atom. The second-order valence-electron chi connectivity index (χ2n) is 2.25. The summed E-state index contributed by atoms with van der Waals surface area (Å²) < 4.78 is 1.62. The number of rotatable bonds is 2. The van der Waals surface area contributed by atoms with Crippen LogP contribution < -0.4 is 0 Å². The molecule has 0 N–H and O–H groups in total. The highest BCUT2D eigenvalue weighted by atomic mass is 32.2. The van der Waals surface area contributed by atoms with E-state index < -0.39 is 0 Å². The van der Waals surface area contributed by atoms with Crippen molar-refractivity contribution < 1.29 is 0 Å². The van der Waals surface area contributed by atoms with Gasteiger partial charge in [0, 0.05) is 14.1 Å². The van der Waals surface area contributed by atoms with Gasteiger partial charge in [0.2, 0.25) is 6.19 Å². The molecule has 14 heavy (non-hydrogen) atoms. The van der Waals surface area contributed by atoms with Crippen molar-refractivity contribution in [3.05, 3.63) is 0 Å². The molecule has 0 aromatic rings. The molecule has 0 rings (SSSR count). The first kappa shape index (κ1) is 14.1. The lowest BCUT2D eigenvalue weighted by Gasteiger charge is -2.11. The van der Waals surface area contributed by atoms with Crippen LogP contribution in [0.1, 0.15) is 0 Å². The molecule has 0 saturated heterocycles. The van der Waals surface area contributed by atoms with Crippen molar-refractivity contribution in [1.82, 2.24) is 4.90 Å². The van der Waals surface area contributed by atoms with Gasteiger partial charge >= 0.3 is 0 Å². The summed E-state index contributed by atoms with van der Waals surface area (Å²) in [5.41, 5.74) is 0. The summed E-state index contributed by atoms with van der Waals surface area (Å²) in [7, 11) is 3.83. The molecule has 0 radical (unpaired) electrons. The van der Waals surface area contributed by atoms with Gasteiger partial charge in [0.15, 0.2) is 0 Å². The highest BCUT2D eigenvalue weighted by Crippen LogP contribution is 2.21. The Balaban J connectivity index is 3.79. The number of nitrogens with zero attached hydrogens (tertiary/aromatic N) is 3. The van der Waals surface area contributed by atoms with Crippen LogP contribution in [0.15, 0.2) is 4.99 Å². The van der Waals surface area contributed by atoms with E-state index in [4.69, 9.17) is 17.5 Å². The Hall–Kier alpha value is 0.1000. The molecule has 0 amide bonds. The largest absolute Gasteiger partial charge is 0.364 e. The summed E-state index contributed by atoms with van der Waals surface area (Å²) in [6.45, 7) is 0. The predicted molar refractivity (Wildman–Crippen MR) is 72.9 cm³/mol. The average Bonchev–Trinajstić information content (AvgIpc) is 2.16. The molecule has 78 valence electrons. The minimum Gasteiger partial charge on any atom is -0.364 e. The minimum atomic E-state index is 0.779. The Morgan fingerprint density at radius 2 is 2.14 bits per heavy atom. The molecule has 0 aliphatic heterocycles. The molecular weight excluding hydrogens is 254 g/mol. The van der Waals surface area contributed by atoms with E-state index >= 15 is 0 Å². The van der Waals surface area contributed by atoms with Gasteiger partial charge < -0.3 is 4.90 Å². The topological polar surface area (TPSA) is 39.4 Å². The van der Waals surface area contributed by atoms with E-state index in [0.29, 0.717) is 0 Å². The Kier molecular flexibility index (Phi) is 8.47. The van der Waals surface area contributed by atoms with Gasteiger partial charge in [-0.3, -0.25) is 0 Å². The van der Waals surface area contributed by atoms with Gasteiger partial charge in [-0.2, -0.15) is 10.3 Å². The number of nitriles is 1. The van der Waals surface area contributed by atoms with Gasteiger partial charge in [-0.05, 0) is 6.26 Å². The van der Waals surface area contributed by atoms with Crippen molar-refractivity contribution in [3.63, 3.8) is 0 Å². The zero-order chi connectivity index (χ0) is 11.0. The fraction of sp³-hybridized carbons (Fsp3) is 0.571. The minimum absolute atomic E-state index is 0.779. The molecule has 0 bridgehead atoms. The summed E-state index contributed by atoms with van der Waals surface area (Å²) >= 11 is 9.67. The highest BCUT2D eigenvalue weighted by Gasteiger charge is 2.02.